The Labute approximate surface area is 171 Å². The van der Waals surface area contributed by atoms with E-state index in [0.29, 0.717) is 11.5 Å². The zero-order valence-corrected chi connectivity index (χ0v) is 16.8. The Kier molecular flexibility index (Phi) is 5.56. The summed E-state index contributed by atoms with van der Waals surface area (Å²) in [5.41, 5.74) is 3.84. The molecule has 1 saturated heterocycles. The van der Waals surface area contributed by atoms with Crippen LogP contribution in [0.4, 0.5) is 0 Å². The number of hydrogen-bond donors (Lipinski definition) is 0. The number of carbonyl (C=O) groups is 1. The van der Waals surface area contributed by atoms with E-state index in [-0.39, 0.29) is 5.91 Å². The fraction of sp³-hybridized carbons (Fsp3) is 0.292. The number of hydrogen-bond acceptors (Lipinski definition) is 4. The van der Waals surface area contributed by atoms with Gasteiger partial charge in [-0.1, -0.05) is 17.7 Å². The van der Waals surface area contributed by atoms with Crippen LogP contribution in [0.1, 0.15) is 46.1 Å². The van der Waals surface area contributed by atoms with Gasteiger partial charge in [0.1, 0.15) is 11.5 Å². The van der Waals surface area contributed by atoms with Crippen LogP contribution < -0.4 is 4.74 Å². The highest BCUT2D eigenvalue weighted by Crippen LogP contribution is 2.28. The molecule has 3 aromatic rings. The van der Waals surface area contributed by atoms with Crippen molar-refractivity contribution in [1.29, 1.82) is 0 Å². The molecule has 4 rings (SSSR count). The second-order valence-corrected chi connectivity index (χ2v) is 7.61. The maximum atomic E-state index is 12.9. The number of ether oxygens (including phenoxy) is 1. The molecule has 0 radical (unpaired) electrons. The summed E-state index contributed by atoms with van der Waals surface area (Å²) in [6.07, 6.45) is 1.83. The molecule has 0 N–H and O–H groups in total. The first-order valence-electron chi connectivity index (χ1n) is 10.0. The molecule has 0 spiro atoms. The van der Waals surface area contributed by atoms with Crippen LogP contribution >= 0.6 is 0 Å². The summed E-state index contributed by atoms with van der Waals surface area (Å²) in [7, 11) is 0. The number of carbonyl (C=O) groups excluding carboxylic acids is 1. The fourth-order valence-electron chi connectivity index (χ4n) is 3.60. The molecule has 5 heteroatoms. The molecule has 5 nitrogen and oxygen atoms in total. The van der Waals surface area contributed by atoms with E-state index in [1.807, 2.05) is 73.3 Å². The fourth-order valence-corrected chi connectivity index (χ4v) is 3.60. The van der Waals surface area contributed by atoms with E-state index in [1.165, 1.54) is 5.56 Å². The van der Waals surface area contributed by atoms with Crippen LogP contribution in [-0.2, 0) is 0 Å². The van der Waals surface area contributed by atoms with Gasteiger partial charge in [0.05, 0.1) is 11.4 Å². The van der Waals surface area contributed by atoms with E-state index in [1.54, 1.807) is 0 Å². The van der Waals surface area contributed by atoms with Crippen molar-refractivity contribution in [3.8, 4) is 11.5 Å². The lowest BCUT2D eigenvalue weighted by Gasteiger charge is -2.31. The second-order valence-electron chi connectivity index (χ2n) is 7.61. The van der Waals surface area contributed by atoms with Crippen LogP contribution in [0, 0.1) is 13.8 Å². The number of likely N-dealkylation sites (tertiary alicyclic amines) is 1. The molecule has 0 unspecified atom stereocenters. The van der Waals surface area contributed by atoms with Crippen LogP contribution in [0.15, 0.2) is 60.7 Å². The normalized spacial score (nSPS) is 14.6. The Balaban J connectivity index is 1.35. The summed E-state index contributed by atoms with van der Waals surface area (Å²) >= 11 is 0. The van der Waals surface area contributed by atoms with Crippen LogP contribution in [0.2, 0.25) is 0 Å². The summed E-state index contributed by atoms with van der Waals surface area (Å²) in [4.78, 5) is 14.8. The summed E-state index contributed by atoms with van der Waals surface area (Å²) in [6.45, 7) is 5.46. The molecule has 2 heterocycles. The highest BCUT2D eigenvalue weighted by atomic mass is 16.5. The molecule has 1 amide bonds. The van der Waals surface area contributed by atoms with Gasteiger partial charge in [-0.15, -0.1) is 0 Å². The third kappa shape index (κ3) is 4.62. The number of amides is 1. The van der Waals surface area contributed by atoms with E-state index in [4.69, 9.17) is 4.74 Å². The lowest BCUT2D eigenvalue weighted by Crippen LogP contribution is -2.38. The molecule has 1 fully saturated rings. The van der Waals surface area contributed by atoms with Crippen molar-refractivity contribution >= 4 is 5.91 Å². The van der Waals surface area contributed by atoms with E-state index in [0.717, 1.165) is 48.8 Å². The van der Waals surface area contributed by atoms with Crippen LogP contribution in [0.25, 0.3) is 0 Å². The molecule has 29 heavy (non-hydrogen) atoms. The van der Waals surface area contributed by atoms with Gasteiger partial charge < -0.3 is 9.64 Å². The Bertz CT molecular complexity index is 959. The summed E-state index contributed by atoms with van der Waals surface area (Å²) in [6, 6.07) is 19.3. The maximum Gasteiger partial charge on any atom is 0.253 e. The van der Waals surface area contributed by atoms with Crippen LogP contribution in [0.5, 0.6) is 11.5 Å². The van der Waals surface area contributed by atoms with Gasteiger partial charge in [-0.25, -0.2) is 0 Å². The van der Waals surface area contributed by atoms with Gasteiger partial charge in [-0.2, -0.15) is 10.2 Å². The van der Waals surface area contributed by atoms with Gasteiger partial charge in [0.2, 0.25) is 0 Å². The average molecular weight is 387 g/mol. The molecule has 0 aliphatic carbocycles. The van der Waals surface area contributed by atoms with E-state index >= 15 is 0 Å². The van der Waals surface area contributed by atoms with Crippen LogP contribution in [-0.4, -0.2) is 34.1 Å². The summed E-state index contributed by atoms with van der Waals surface area (Å²) in [5.74, 6) is 1.95. The molecular formula is C24H25N3O2. The number of aromatic nitrogens is 2. The number of nitrogens with zero attached hydrogens (tertiary/aromatic N) is 3. The Morgan fingerprint density at radius 3 is 2.07 bits per heavy atom. The molecule has 0 atom stereocenters. The number of benzene rings is 2. The van der Waals surface area contributed by atoms with E-state index < -0.39 is 0 Å². The van der Waals surface area contributed by atoms with Gasteiger partial charge in [-0.3, -0.25) is 4.79 Å². The predicted octanol–water partition coefficient (Wildman–Crippen LogP) is 4.91. The molecule has 1 aliphatic heterocycles. The quantitative estimate of drug-likeness (QED) is 0.639. The number of aryl methyl sites for hydroxylation is 2. The van der Waals surface area contributed by atoms with E-state index in [2.05, 4.69) is 16.3 Å². The largest absolute Gasteiger partial charge is 0.457 e. The van der Waals surface area contributed by atoms with Crippen molar-refractivity contribution in [3.05, 3.63) is 83.2 Å². The monoisotopic (exact) mass is 387 g/mol. The molecule has 2 aromatic carbocycles. The first-order valence-corrected chi connectivity index (χ1v) is 10.0. The molecule has 148 valence electrons. The van der Waals surface area contributed by atoms with Gasteiger partial charge in [-0.05, 0) is 75.2 Å². The van der Waals surface area contributed by atoms with Crippen LogP contribution in [0.3, 0.4) is 0 Å². The van der Waals surface area contributed by atoms with Crippen molar-refractivity contribution in [2.45, 2.75) is 32.6 Å². The zero-order valence-electron chi connectivity index (χ0n) is 16.8. The van der Waals surface area contributed by atoms with Crippen molar-refractivity contribution in [2.75, 3.05) is 13.1 Å². The van der Waals surface area contributed by atoms with Crippen molar-refractivity contribution in [2.24, 2.45) is 0 Å². The molecule has 0 bridgehead atoms. The summed E-state index contributed by atoms with van der Waals surface area (Å²) < 4.78 is 5.85. The lowest BCUT2D eigenvalue weighted by molar-refractivity contribution is 0.0712. The van der Waals surface area contributed by atoms with Crippen molar-refractivity contribution in [3.63, 3.8) is 0 Å². The number of piperidine rings is 1. The first-order chi connectivity index (χ1) is 14.1. The molecular weight excluding hydrogens is 362 g/mol. The highest BCUT2D eigenvalue weighted by molar-refractivity contribution is 5.94. The average Bonchev–Trinajstić information content (AvgIpc) is 2.76. The third-order valence-electron chi connectivity index (χ3n) is 5.38. The van der Waals surface area contributed by atoms with Gasteiger partial charge >= 0.3 is 0 Å². The maximum absolute atomic E-state index is 12.9. The minimum atomic E-state index is 0.0697. The van der Waals surface area contributed by atoms with Crippen molar-refractivity contribution < 1.29 is 9.53 Å². The molecule has 1 aliphatic rings. The van der Waals surface area contributed by atoms with E-state index in [9.17, 15) is 4.79 Å². The third-order valence-corrected chi connectivity index (χ3v) is 5.38. The first kappa shape index (κ1) is 19.1. The number of rotatable bonds is 4. The topological polar surface area (TPSA) is 55.3 Å². The highest BCUT2D eigenvalue weighted by Gasteiger charge is 2.25. The standard InChI is InChI=1S/C24H25N3O2/c1-17-3-8-21(9-4-17)29-22-10-6-20(7-11-22)24(28)27-15-13-19(14-16-27)23-12-5-18(2)25-26-23/h3-12,19H,13-16H2,1-2H3. The minimum Gasteiger partial charge on any atom is -0.457 e. The SMILES string of the molecule is Cc1ccc(Oc2ccc(C(=O)N3CCC(c4ccc(C)nn4)CC3)cc2)cc1. The Morgan fingerprint density at radius 2 is 1.48 bits per heavy atom. The van der Waals surface area contributed by atoms with Gasteiger partial charge in [0.25, 0.3) is 5.91 Å². The lowest BCUT2D eigenvalue weighted by atomic mass is 9.93. The summed E-state index contributed by atoms with van der Waals surface area (Å²) in [5, 5.41) is 8.47. The minimum absolute atomic E-state index is 0.0697. The Morgan fingerprint density at radius 1 is 0.862 bits per heavy atom. The van der Waals surface area contributed by atoms with Gasteiger partial charge in [0.15, 0.2) is 0 Å². The van der Waals surface area contributed by atoms with Crippen molar-refractivity contribution in [1.82, 2.24) is 15.1 Å². The zero-order chi connectivity index (χ0) is 20.2. The smallest absolute Gasteiger partial charge is 0.253 e. The molecule has 1 aromatic heterocycles. The van der Waals surface area contributed by atoms with Gasteiger partial charge in [0, 0.05) is 24.6 Å². The molecule has 0 saturated carbocycles. The predicted molar refractivity (Wildman–Crippen MR) is 112 cm³/mol. The Hall–Kier alpha value is -3.21. The second kappa shape index (κ2) is 8.43.